The van der Waals surface area contributed by atoms with Crippen molar-refractivity contribution in [2.24, 2.45) is 0 Å². The average Bonchev–Trinajstić information content (AvgIpc) is 3.09. The zero-order valence-electron chi connectivity index (χ0n) is 14.1. The van der Waals surface area contributed by atoms with Gasteiger partial charge in [0.15, 0.2) is 5.76 Å². The van der Waals surface area contributed by atoms with Crippen LogP contribution >= 0.6 is 0 Å². The number of furan rings is 1. The molecule has 1 aliphatic heterocycles. The van der Waals surface area contributed by atoms with Crippen LogP contribution in [0.4, 0.5) is 0 Å². The van der Waals surface area contributed by atoms with Gasteiger partial charge in [0.05, 0.1) is 18.3 Å². The predicted molar refractivity (Wildman–Crippen MR) is 91.8 cm³/mol. The maximum atomic E-state index is 5.94. The van der Waals surface area contributed by atoms with E-state index in [1.807, 2.05) is 12.1 Å². The average molecular weight is 338 g/mol. The molecule has 3 aromatic rings. The summed E-state index contributed by atoms with van der Waals surface area (Å²) in [6.07, 6.45) is 8.69. The van der Waals surface area contributed by atoms with Crippen LogP contribution in [0.2, 0.25) is 0 Å². The summed E-state index contributed by atoms with van der Waals surface area (Å²) >= 11 is 0. The zero-order valence-corrected chi connectivity index (χ0v) is 14.1. The van der Waals surface area contributed by atoms with Gasteiger partial charge in [-0.05, 0) is 43.9 Å². The first kappa shape index (κ1) is 14.9. The molecule has 0 radical (unpaired) electrons. The maximum absolute atomic E-state index is 5.94. The Labute approximate surface area is 146 Å². The molecule has 0 bridgehead atoms. The molecule has 130 valence electrons. The number of aromatic nitrogens is 5. The van der Waals surface area contributed by atoms with Gasteiger partial charge in [-0.2, -0.15) is 5.10 Å². The maximum Gasteiger partial charge on any atom is 0.152 e. The lowest BCUT2D eigenvalue weighted by molar-refractivity contribution is 0.162. The summed E-state index contributed by atoms with van der Waals surface area (Å²) in [5.74, 6) is 2.52. The SMILES string of the molecule is c1cc(-c2ccc(CN3CCC(n4cc(C5CC5)nn4)CC3)o2)[nH]n1. The van der Waals surface area contributed by atoms with E-state index in [0.717, 1.165) is 49.7 Å². The first-order valence-corrected chi connectivity index (χ1v) is 9.08. The molecule has 1 N–H and O–H groups in total. The van der Waals surface area contributed by atoms with Gasteiger partial charge in [-0.3, -0.25) is 10.00 Å². The van der Waals surface area contributed by atoms with Crippen LogP contribution < -0.4 is 0 Å². The van der Waals surface area contributed by atoms with Crippen LogP contribution in [0, 0.1) is 0 Å². The second-order valence-corrected chi connectivity index (χ2v) is 7.14. The number of likely N-dealkylation sites (tertiary alicyclic amines) is 1. The third-order valence-corrected chi connectivity index (χ3v) is 5.26. The van der Waals surface area contributed by atoms with Gasteiger partial charge in [0, 0.05) is 31.4 Å². The van der Waals surface area contributed by atoms with Crippen molar-refractivity contribution in [3.8, 4) is 11.5 Å². The van der Waals surface area contributed by atoms with E-state index >= 15 is 0 Å². The summed E-state index contributed by atoms with van der Waals surface area (Å²) in [6, 6.07) is 6.46. The van der Waals surface area contributed by atoms with Gasteiger partial charge in [-0.25, -0.2) is 4.68 Å². The predicted octanol–water partition coefficient (Wildman–Crippen LogP) is 2.98. The minimum atomic E-state index is 0.480. The lowest BCUT2D eigenvalue weighted by Crippen LogP contribution is -2.34. The van der Waals surface area contributed by atoms with Gasteiger partial charge in [0.25, 0.3) is 0 Å². The van der Waals surface area contributed by atoms with Crippen molar-refractivity contribution in [3.05, 3.63) is 42.0 Å². The molecule has 3 aromatic heterocycles. The van der Waals surface area contributed by atoms with Gasteiger partial charge >= 0.3 is 0 Å². The molecule has 0 atom stereocenters. The van der Waals surface area contributed by atoms with Gasteiger partial charge in [0.2, 0.25) is 0 Å². The lowest BCUT2D eigenvalue weighted by Gasteiger charge is -2.31. The van der Waals surface area contributed by atoms with Crippen molar-refractivity contribution >= 4 is 0 Å². The van der Waals surface area contributed by atoms with E-state index in [9.17, 15) is 0 Å². The fourth-order valence-corrected chi connectivity index (χ4v) is 3.60. The second-order valence-electron chi connectivity index (χ2n) is 7.14. The van der Waals surface area contributed by atoms with Crippen LogP contribution in [-0.2, 0) is 6.54 Å². The highest BCUT2D eigenvalue weighted by Crippen LogP contribution is 2.39. The summed E-state index contributed by atoms with van der Waals surface area (Å²) in [7, 11) is 0. The number of H-pyrrole nitrogens is 1. The van der Waals surface area contributed by atoms with Gasteiger partial charge in [-0.15, -0.1) is 5.10 Å². The first-order chi connectivity index (χ1) is 12.3. The molecule has 0 spiro atoms. The van der Waals surface area contributed by atoms with Crippen LogP contribution in [-0.4, -0.2) is 43.2 Å². The Balaban J connectivity index is 1.17. The van der Waals surface area contributed by atoms with Crippen molar-refractivity contribution < 1.29 is 4.42 Å². The monoisotopic (exact) mass is 338 g/mol. The lowest BCUT2D eigenvalue weighted by atomic mass is 10.1. The molecule has 7 heteroatoms. The van der Waals surface area contributed by atoms with Crippen molar-refractivity contribution in [2.45, 2.75) is 44.2 Å². The number of nitrogens with zero attached hydrogens (tertiary/aromatic N) is 5. The zero-order chi connectivity index (χ0) is 16.6. The van der Waals surface area contributed by atoms with E-state index in [4.69, 9.17) is 4.42 Å². The molecule has 4 heterocycles. The Bertz CT molecular complexity index is 824. The fraction of sp³-hybridized carbons (Fsp3) is 0.500. The normalized spacial score (nSPS) is 19.5. The van der Waals surface area contributed by atoms with Crippen LogP contribution in [0.25, 0.3) is 11.5 Å². The molecular formula is C18H22N6O. The Morgan fingerprint density at radius 3 is 2.76 bits per heavy atom. The third kappa shape index (κ3) is 3.11. The van der Waals surface area contributed by atoms with E-state index in [-0.39, 0.29) is 0 Å². The Morgan fingerprint density at radius 1 is 1.12 bits per heavy atom. The molecule has 1 aliphatic carbocycles. The highest BCUT2D eigenvalue weighted by molar-refractivity contribution is 5.51. The highest BCUT2D eigenvalue weighted by Gasteiger charge is 2.28. The van der Waals surface area contributed by atoms with Crippen LogP contribution in [0.1, 0.15) is 49.1 Å². The number of nitrogens with one attached hydrogen (secondary N) is 1. The van der Waals surface area contributed by atoms with E-state index in [2.05, 4.69) is 42.4 Å². The van der Waals surface area contributed by atoms with Crippen LogP contribution in [0.5, 0.6) is 0 Å². The topological polar surface area (TPSA) is 75.8 Å². The number of rotatable bonds is 5. The molecule has 1 saturated heterocycles. The summed E-state index contributed by atoms with van der Waals surface area (Å²) in [5.41, 5.74) is 2.10. The third-order valence-electron chi connectivity index (χ3n) is 5.26. The Morgan fingerprint density at radius 2 is 2.00 bits per heavy atom. The molecule has 25 heavy (non-hydrogen) atoms. The number of hydrogen-bond acceptors (Lipinski definition) is 5. The highest BCUT2D eigenvalue weighted by atomic mass is 16.3. The number of aromatic amines is 1. The number of piperidine rings is 1. The van der Waals surface area contributed by atoms with Gasteiger partial charge in [0.1, 0.15) is 11.5 Å². The van der Waals surface area contributed by atoms with E-state index in [0.29, 0.717) is 12.0 Å². The minimum Gasteiger partial charge on any atom is -0.458 e. The van der Waals surface area contributed by atoms with E-state index < -0.39 is 0 Å². The summed E-state index contributed by atoms with van der Waals surface area (Å²) in [4.78, 5) is 2.45. The molecular weight excluding hydrogens is 316 g/mol. The molecule has 1 saturated carbocycles. The molecule has 0 unspecified atom stereocenters. The van der Waals surface area contributed by atoms with Gasteiger partial charge < -0.3 is 4.42 Å². The Hall–Kier alpha value is -2.41. The quantitative estimate of drug-likeness (QED) is 0.774. The molecule has 5 rings (SSSR count). The van der Waals surface area contributed by atoms with E-state index in [1.54, 1.807) is 6.20 Å². The van der Waals surface area contributed by atoms with Crippen molar-refractivity contribution in [1.82, 2.24) is 30.1 Å². The second kappa shape index (κ2) is 6.15. The smallest absolute Gasteiger partial charge is 0.152 e. The Kier molecular flexibility index (Phi) is 3.66. The van der Waals surface area contributed by atoms with Crippen LogP contribution in [0.3, 0.4) is 0 Å². The van der Waals surface area contributed by atoms with Gasteiger partial charge in [-0.1, -0.05) is 5.21 Å². The molecule has 0 aromatic carbocycles. The minimum absolute atomic E-state index is 0.480. The standard InChI is InChI=1S/C18H22N6O/c1-2-13(1)17-12-24(22-21-17)14-6-9-23(10-7-14)11-15-3-4-18(25-15)16-5-8-19-20-16/h3-5,8,12-14H,1-2,6-7,9-11H2,(H,19,20). The van der Waals surface area contributed by atoms with Crippen molar-refractivity contribution in [2.75, 3.05) is 13.1 Å². The fourth-order valence-electron chi connectivity index (χ4n) is 3.60. The first-order valence-electron chi connectivity index (χ1n) is 9.08. The van der Waals surface area contributed by atoms with Crippen molar-refractivity contribution in [3.63, 3.8) is 0 Å². The summed E-state index contributed by atoms with van der Waals surface area (Å²) in [5, 5.41) is 15.6. The molecule has 0 amide bonds. The molecule has 2 fully saturated rings. The molecule has 7 nitrogen and oxygen atoms in total. The van der Waals surface area contributed by atoms with Crippen LogP contribution in [0.15, 0.2) is 35.0 Å². The largest absolute Gasteiger partial charge is 0.458 e. The summed E-state index contributed by atoms with van der Waals surface area (Å²) < 4.78 is 8.03. The molecule has 2 aliphatic rings. The number of hydrogen-bond donors (Lipinski definition) is 1. The van der Waals surface area contributed by atoms with Crippen molar-refractivity contribution in [1.29, 1.82) is 0 Å². The summed E-state index contributed by atoms with van der Waals surface area (Å²) in [6.45, 7) is 2.97. The van der Waals surface area contributed by atoms with E-state index in [1.165, 1.54) is 18.5 Å².